The predicted molar refractivity (Wildman–Crippen MR) is 63.6 cm³/mol. The standard InChI is InChI=1S/C8H6I2O2/c1-4-2-5(9)3-6(10)7(4)8(11)12/h2-3H,1H3,(H,11,12). The van der Waals surface area contributed by atoms with Crippen LogP contribution in [0.15, 0.2) is 12.1 Å². The smallest absolute Gasteiger partial charge is 0.337 e. The maximum absolute atomic E-state index is 10.7. The number of hydrogen-bond acceptors (Lipinski definition) is 1. The minimum atomic E-state index is -0.853. The van der Waals surface area contributed by atoms with Crippen molar-refractivity contribution in [2.75, 3.05) is 0 Å². The van der Waals surface area contributed by atoms with E-state index >= 15 is 0 Å². The van der Waals surface area contributed by atoms with Crippen molar-refractivity contribution in [1.29, 1.82) is 0 Å². The molecular formula is C8H6I2O2. The Morgan fingerprint density at radius 2 is 2.00 bits per heavy atom. The summed E-state index contributed by atoms with van der Waals surface area (Å²) >= 11 is 4.21. The number of benzene rings is 1. The second-order valence-electron chi connectivity index (χ2n) is 2.38. The minimum Gasteiger partial charge on any atom is -0.478 e. The number of rotatable bonds is 1. The average Bonchev–Trinajstić information content (AvgIpc) is 1.82. The van der Waals surface area contributed by atoms with Gasteiger partial charge >= 0.3 is 5.97 Å². The first-order valence-corrected chi connectivity index (χ1v) is 5.37. The molecule has 1 aromatic rings. The Kier molecular flexibility index (Phi) is 3.33. The van der Waals surface area contributed by atoms with E-state index in [0.29, 0.717) is 5.56 Å². The van der Waals surface area contributed by atoms with Crippen LogP contribution in [0.3, 0.4) is 0 Å². The van der Waals surface area contributed by atoms with Gasteiger partial charge in [-0.25, -0.2) is 4.79 Å². The first-order chi connectivity index (χ1) is 5.52. The summed E-state index contributed by atoms with van der Waals surface area (Å²) in [7, 11) is 0. The third kappa shape index (κ3) is 2.09. The molecule has 0 saturated carbocycles. The molecular weight excluding hydrogens is 382 g/mol. The van der Waals surface area contributed by atoms with Crippen LogP contribution >= 0.6 is 45.2 Å². The molecule has 1 N–H and O–H groups in total. The molecule has 2 nitrogen and oxygen atoms in total. The molecule has 12 heavy (non-hydrogen) atoms. The van der Waals surface area contributed by atoms with Gasteiger partial charge in [-0.05, 0) is 69.8 Å². The first-order valence-electron chi connectivity index (χ1n) is 3.21. The molecule has 0 spiro atoms. The summed E-state index contributed by atoms with van der Waals surface area (Å²) in [5.74, 6) is -0.853. The van der Waals surface area contributed by atoms with Crippen LogP contribution in [0, 0.1) is 14.1 Å². The molecule has 0 aliphatic heterocycles. The van der Waals surface area contributed by atoms with Crippen LogP contribution in [-0.2, 0) is 0 Å². The van der Waals surface area contributed by atoms with Gasteiger partial charge in [-0.1, -0.05) is 0 Å². The summed E-state index contributed by atoms with van der Waals surface area (Å²) in [6, 6.07) is 3.73. The fraction of sp³-hybridized carbons (Fsp3) is 0.125. The summed E-state index contributed by atoms with van der Waals surface area (Å²) in [5, 5.41) is 8.83. The zero-order valence-electron chi connectivity index (χ0n) is 6.27. The van der Waals surface area contributed by atoms with Gasteiger partial charge in [-0.2, -0.15) is 0 Å². The minimum absolute atomic E-state index is 0.413. The van der Waals surface area contributed by atoms with Crippen LogP contribution in [0.1, 0.15) is 15.9 Å². The van der Waals surface area contributed by atoms with Crippen molar-refractivity contribution >= 4 is 51.2 Å². The van der Waals surface area contributed by atoms with Gasteiger partial charge < -0.3 is 5.11 Å². The first kappa shape index (κ1) is 10.2. The van der Waals surface area contributed by atoms with Crippen molar-refractivity contribution in [3.05, 3.63) is 30.4 Å². The quantitative estimate of drug-likeness (QED) is 0.752. The molecule has 4 heteroatoms. The highest BCUT2D eigenvalue weighted by Crippen LogP contribution is 2.20. The third-order valence-corrected chi connectivity index (χ3v) is 2.94. The van der Waals surface area contributed by atoms with Crippen LogP contribution in [0.4, 0.5) is 0 Å². The summed E-state index contributed by atoms with van der Waals surface area (Å²) in [4.78, 5) is 10.7. The Morgan fingerprint density at radius 3 is 2.42 bits per heavy atom. The molecule has 0 amide bonds. The van der Waals surface area contributed by atoms with Crippen LogP contribution < -0.4 is 0 Å². The maximum Gasteiger partial charge on any atom is 0.337 e. The number of carboxylic acids is 1. The van der Waals surface area contributed by atoms with Crippen molar-refractivity contribution in [1.82, 2.24) is 0 Å². The number of aryl methyl sites for hydroxylation is 1. The highest BCUT2D eigenvalue weighted by molar-refractivity contribution is 14.1. The number of halogens is 2. The van der Waals surface area contributed by atoms with E-state index in [9.17, 15) is 4.79 Å². The van der Waals surface area contributed by atoms with Crippen LogP contribution in [0.2, 0.25) is 0 Å². The van der Waals surface area contributed by atoms with Gasteiger partial charge in [0.15, 0.2) is 0 Å². The predicted octanol–water partition coefficient (Wildman–Crippen LogP) is 2.90. The normalized spacial score (nSPS) is 9.92. The summed E-state index contributed by atoms with van der Waals surface area (Å²) in [6.45, 7) is 1.81. The zero-order valence-corrected chi connectivity index (χ0v) is 10.6. The Labute approximate surface area is 97.6 Å². The topological polar surface area (TPSA) is 37.3 Å². The van der Waals surface area contributed by atoms with Gasteiger partial charge in [0.05, 0.1) is 5.56 Å². The van der Waals surface area contributed by atoms with Crippen molar-refractivity contribution in [2.24, 2.45) is 0 Å². The summed E-state index contributed by atoms with van der Waals surface area (Å²) < 4.78 is 1.86. The largest absolute Gasteiger partial charge is 0.478 e. The second kappa shape index (κ2) is 3.91. The molecule has 0 bridgehead atoms. The van der Waals surface area contributed by atoms with Gasteiger partial charge in [0.1, 0.15) is 0 Å². The number of aromatic carboxylic acids is 1. The Hall–Kier alpha value is 0.150. The fourth-order valence-corrected chi connectivity index (χ4v) is 3.34. The van der Waals surface area contributed by atoms with Gasteiger partial charge in [-0.3, -0.25) is 0 Å². The molecule has 0 atom stereocenters. The van der Waals surface area contributed by atoms with Gasteiger partial charge in [0.25, 0.3) is 0 Å². The van der Waals surface area contributed by atoms with Gasteiger partial charge in [0, 0.05) is 7.14 Å². The molecule has 0 fully saturated rings. The highest BCUT2D eigenvalue weighted by atomic mass is 127. The molecule has 0 radical (unpaired) electrons. The molecule has 0 aliphatic carbocycles. The number of hydrogen-bond donors (Lipinski definition) is 1. The van der Waals surface area contributed by atoms with Crippen molar-refractivity contribution < 1.29 is 9.90 Å². The summed E-state index contributed by atoms with van der Waals surface area (Å²) in [6.07, 6.45) is 0. The van der Waals surface area contributed by atoms with E-state index in [1.807, 2.05) is 41.6 Å². The Bertz CT molecular complexity index is 311. The van der Waals surface area contributed by atoms with Gasteiger partial charge in [-0.15, -0.1) is 0 Å². The van der Waals surface area contributed by atoms with Crippen LogP contribution in [0.5, 0.6) is 0 Å². The van der Waals surface area contributed by atoms with E-state index in [4.69, 9.17) is 5.11 Å². The SMILES string of the molecule is Cc1cc(I)cc(I)c1C(=O)O. The zero-order chi connectivity index (χ0) is 9.30. The molecule has 64 valence electrons. The lowest BCUT2D eigenvalue weighted by Gasteiger charge is -2.03. The van der Waals surface area contributed by atoms with Crippen LogP contribution in [-0.4, -0.2) is 11.1 Å². The Morgan fingerprint density at radius 1 is 1.42 bits per heavy atom. The van der Waals surface area contributed by atoms with E-state index in [-0.39, 0.29) is 0 Å². The molecule has 0 aromatic heterocycles. The Balaban J connectivity index is 3.38. The van der Waals surface area contributed by atoms with Crippen molar-refractivity contribution in [2.45, 2.75) is 6.92 Å². The van der Waals surface area contributed by atoms with E-state index in [2.05, 4.69) is 22.6 Å². The van der Waals surface area contributed by atoms with E-state index in [0.717, 1.165) is 12.7 Å². The summed E-state index contributed by atoms with van der Waals surface area (Å²) in [5.41, 5.74) is 1.23. The maximum atomic E-state index is 10.7. The van der Waals surface area contributed by atoms with E-state index in [1.165, 1.54) is 0 Å². The lowest BCUT2D eigenvalue weighted by Crippen LogP contribution is -2.03. The van der Waals surface area contributed by atoms with Crippen molar-refractivity contribution in [3.63, 3.8) is 0 Å². The average molecular weight is 388 g/mol. The third-order valence-electron chi connectivity index (χ3n) is 1.47. The molecule has 1 rings (SSSR count). The molecule has 0 unspecified atom stereocenters. The van der Waals surface area contributed by atoms with Crippen LogP contribution in [0.25, 0.3) is 0 Å². The van der Waals surface area contributed by atoms with E-state index in [1.54, 1.807) is 0 Å². The molecule has 0 saturated heterocycles. The fourth-order valence-electron chi connectivity index (χ4n) is 0.973. The molecule has 0 heterocycles. The highest BCUT2D eigenvalue weighted by Gasteiger charge is 2.11. The number of carbonyl (C=O) groups is 1. The second-order valence-corrected chi connectivity index (χ2v) is 4.79. The van der Waals surface area contributed by atoms with E-state index < -0.39 is 5.97 Å². The lowest BCUT2D eigenvalue weighted by atomic mass is 10.1. The molecule has 1 aromatic carbocycles. The number of carboxylic acid groups (broad SMARTS) is 1. The lowest BCUT2D eigenvalue weighted by molar-refractivity contribution is 0.0695. The monoisotopic (exact) mass is 388 g/mol. The van der Waals surface area contributed by atoms with Crippen molar-refractivity contribution in [3.8, 4) is 0 Å². The molecule has 0 aliphatic rings. The van der Waals surface area contributed by atoms with Gasteiger partial charge in [0.2, 0.25) is 0 Å².